The summed E-state index contributed by atoms with van der Waals surface area (Å²) in [5.41, 5.74) is 2.31. The maximum Gasteiger partial charge on any atom is 0.419 e. The fraction of sp³-hybridized carbons (Fsp3) is 0.222. The third-order valence-electron chi connectivity index (χ3n) is 3.88. The molecular formula is C18H17BrN2O3. The smallest absolute Gasteiger partial charge is 0.408 e. The Morgan fingerprint density at radius 2 is 1.88 bits per heavy atom. The van der Waals surface area contributed by atoms with Gasteiger partial charge in [0.05, 0.1) is 5.52 Å². The van der Waals surface area contributed by atoms with Gasteiger partial charge in [-0.3, -0.25) is 9.36 Å². The van der Waals surface area contributed by atoms with Gasteiger partial charge in [-0.2, -0.15) is 0 Å². The molecule has 0 unspecified atom stereocenters. The van der Waals surface area contributed by atoms with Crippen LogP contribution in [0.3, 0.4) is 0 Å². The fourth-order valence-corrected chi connectivity index (χ4v) is 2.84. The molecule has 1 aromatic heterocycles. The molecule has 0 atom stereocenters. The second kappa shape index (κ2) is 7.05. The molecule has 0 fully saturated rings. The minimum Gasteiger partial charge on any atom is -0.408 e. The molecule has 0 spiro atoms. The van der Waals surface area contributed by atoms with E-state index in [9.17, 15) is 9.59 Å². The Morgan fingerprint density at radius 1 is 1.17 bits per heavy atom. The number of amides is 1. The monoisotopic (exact) mass is 388 g/mol. The highest BCUT2D eigenvalue weighted by atomic mass is 79.9. The van der Waals surface area contributed by atoms with Crippen molar-refractivity contribution in [2.75, 3.05) is 7.05 Å². The van der Waals surface area contributed by atoms with Crippen LogP contribution in [0.5, 0.6) is 0 Å². The first-order valence-electron chi connectivity index (χ1n) is 7.61. The zero-order chi connectivity index (χ0) is 17.1. The number of carbonyl (C=O) groups excluding carboxylic acids is 1. The van der Waals surface area contributed by atoms with E-state index in [2.05, 4.69) is 15.9 Å². The number of para-hydroxylation sites is 2. The van der Waals surface area contributed by atoms with Crippen molar-refractivity contribution in [1.29, 1.82) is 0 Å². The molecule has 2 aromatic carbocycles. The van der Waals surface area contributed by atoms with Crippen molar-refractivity contribution < 1.29 is 9.21 Å². The third-order valence-corrected chi connectivity index (χ3v) is 4.41. The van der Waals surface area contributed by atoms with Crippen LogP contribution in [-0.4, -0.2) is 22.4 Å². The molecule has 1 amide bonds. The van der Waals surface area contributed by atoms with Crippen LogP contribution in [0.15, 0.2) is 62.2 Å². The maximum atomic E-state index is 12.3. The van der Waals surface area contributed by atoms with Crippen molar-refractivity contribution in [2.45, 2.75) is 19.5 Å². The van der Waals surface area contributed by atoms with Crippen LogP contribution in [-0.2, 0) is 17.9 Å². The highest BCUT2D eigenvalue weighted by Gasteiger charge is 2.13. The normalized spacial score (nSPS) is 10.9. The van der Waals surface area contributed by atoms with Gasteiger partial charge in [0.25, 0.3) is 0 Å². The summed E-state index contributed by atoms with van der Waals surface area (Å²) in [6.45, 7) is 0.840. The molecule has 24 heavy (non-hydrogen) atoms. The summed E-state index contributed by atoms with van der Waals surface area (Å²) < 4.78 is 7.68. The van der Waals surface area contributed by atoms with Gasteiger partial charge in [-0.1, -0.05) is 40.2 Å². The van der Waals surface area contributed by atoms with Gasteiger partial charge in [-0.25, -0.2) is 4.79 Å². The third kappa shape index (κ3) is 3.59. The Labute approximate surface area is 147 Å². The Bertz CT molecular complexity index is 912. The lowest BCUT2D eigenvalue weighted by Crippen LogP contribution is -2.28. The summed E-state index contributed by atoms with van der Waals surface area (Å²) in [7, 11) is 1.76. The summed E-state index contributed by atoms with van der Waals surface area (Å²) in [5, 5.41) is 0. The van der Waals surface area contributed by atoms with E-state index in [-0.39, 0.29) is 12.3 Å². The lowest BCUT2D eigenvalue weighted by atomic mass is 10.2. The minimum absolute atomic E-state index is 0.0184. The SMILES string of the molecule is CN(Cc1ccc(Br)cc1)C(=O)CCn1c(=O)oc2ccccc21. The lowest BCUT2D eigenvalue weighted by molar-refractivity contribution is -0.130. The Balaban J connectivity index is 1.65. The van der Waals surface area contributed by atoms with Crippen LogP contribution in [0, 0.1) is 0 Å². The van der Waals surface area contributed by atoms with Crippen molar-refractivity contribution in [3.05, 3.63) is 69.1 Å². The van der Waals surface area contributed by atoms with E-state index in [0.29, 0.717) is 24.2 Å². The first kappa shape index (κ1) is 16.5. The van der Waals surface area contributed by atoms with Crippen LogP contribution in [0.4, 0.5) is 0 Å². The molecule has 3 aromatic rings. The Hall–Kier alpha value is -2.34. The average Bonchev–Trinajstić information content (AvgIpc) is 2.90. The van der Waals surface area contributed by atoms with Crippen molar-refractivity contribution in [2.24, 2.45) is 0 Å². The van der Waals surface area contributed by atoms with Gasteiger partial charge < -0.3 is 9.32 Å². The van der Waals surface area contributed by atoms with E-state index in [1.165, 1.54) is 4.57 Å². The summed E-state index contributed by atoms with van der Waals surface area (Å²) in [4.78, 5) is 25.9. The topological polar surface area (TPSA) is 55.5 Å². The molecule has 0 N–H and O–H groups in total. The summed E-state index contributed by atoms with van der Waals surface area (Å²) in [6.07, 6.45) is 0.246. The van der Waals surface area contributed by atoms with Gasteiger partial charge >= 0.3 is 5.76 Å². The number of hydrogen-bond donors (Lipinski definition) is 0. The van der Waals surface area contributed by atoms with Gasteiger partial charge in [0.2, 0.25) is 5.91 Å². The quantitative estimate of drug-likeness (QED) is 0.672. The lowest BCUT2D eigenvalue weighted by Gasteiger charge is -2.17. The molecule has 0 radical (unpaired) electrons. The number of halogens is 1. The second-order valence-corrected chi connectivity index (χ2v) is 6.53. The van der Waals surface area contributed by atoms with E-state index in [1.54, 1.807) is 18.0 Å². The number of rotatable bonds is 5. The number of aryl methyl sites for hydroxylation is 1. The number of nitrogens with zero attached hydrogens (tertiary/aromatic N) is 2. The Kier molecular flexibility index (Phi) is 4.85. The number of oxazole rings is 1. The molecule has 0 saturated carbocycles. The molecule has 3 rings (SSSR count). The molecule has 1 heterocycles. The highest BCUT2D eigenvalue weighted by Crippen LogP contribution is 2.14. The predicted molar refractivity (Wildman–Crippen MR) is 95.7 cm³/mol. The molecule has 5 nitrogen and oxygen atoms in total. The van der Waals surface area contributed by atoms with Crippen LogP contribution < -0.4 is 5.76 Å². The van der Waals surface area contributed by atoms with Gasteiger partial charge in [0.1, 0.15) is 0 Å². The van der Waals surface area contributed by atoms with Crippen molar-refractivity contribution in [3.63, 3.8) is 0 Å². The Morgan fingerprint density at radius 3 is 2.62 bits per heavy atom. The molecule has 124 valence electrons. The van der Waals surface area contributed by atoms with E-state index in [4.69, 9.17) is 4.42 Å². The minimum atomic E-state index is -0.431. The van der Waals surface area contributed by atoms with E-state index in [0.717, 1.165) is 10.0 Å². The number of fused-ring (bicyclic) bond motifs is 1. The summed E-state index contributed by atoms with van der Waals surface area (Å²) in [6, 6.07) is 15.1. The van der Waals surface area contributed by atoms with Crippen molar-refractivity contribution >= 4 is 32.9 Å². The van der Waals surface area contributed by atoms with Crippen LogP contribution in [0.2, 0.25) is 0 Å². The van der Waals surface area contributed by atoms with Crippen LogP contribution in [0.1, 0.15) is 12.0 Å². The first-order chi connectivity index (χ1) is 11.5. The summed E-state index contributed by atoms with van der Waals surface area (Å²) in [5.74, 6) is -0.449. The number of aromatic nitrogens is 1. The molecule has 0 aliphatic rings. The number of hydrogen-bond acceptors (Lipinski definition) is 3. The maximum absolute atomic E-state index is 12.3. The zero-order valence-electron chi connectivity index (χ0n) is 13.2. The van der Waals surface area contributed by atoms with Gasteiger partial charge in [-0.05, 0) is 29.8 Å². The molecule has 0 aliphatic heterocycles. The van der Waals surface area contributed by atoms with Crippen LogP contribution in [0.25, 0.3) is 11.1 Å². The molecule has 0 bridgehead atoms. The second-order valence-electron chi connectivity index (χ2n) is 5.61. The molecule has 6 heteroatoms. The zero-order valence-corrected chi connectivity index (χ0v) is 14.8. The van der Waals surface area contributed by atoms with Crippen molar-refractivity contribution in [3.8, 4) is 0 Å². The molecule has 0 saturated heterocycles. The van der Waals surface area contributed by atoms with E-state index < -0.39 is 5.76 Å². The summed E-state index contributed by atoms with van der Waals surface area (Å²) >= 11 is 3.39. The largest absolute Gasteiger partial charge is 0.419 e. The standard InChI is InChI=1S/C18H17BrN2O3/c1-20(12-13-6-8-14(19)9-7-13)17(22)10-11-21-15-4-2-3-5-16(15)24-18(21)23/h2-9H,10-12H2,1H3. The van der Waals surface area contributed by atoms with Gasteiger partial charge in [0.15, 0.2) is 5.58 Å². The first-order valence-corrected chi connectivity index (χ1v) is 8.40. The highest BCUT2D eigenvalue weighted by molar-refractivity contribution is 9.10. The van der Waals surface area contributed by atoms with Crippen LogP contribution >= 0.6 is 15.9 Å². The molecule has 0 aliphatic carbocycles. The number of benzene rings is 2. The molecular weight excluding hydrogens is 372 g/mol. The van der Waals surface area contributed by atoms with Crippen molar-refractivity contribution in [1.82, 2.24) is 9.47 Å². The van der Waals surface area contributed by atoms with E-state index >= 15 is 0 Å². The fourth-order valence-electron chi connectivity index (χ4n) is 2.58. The van der Waals surface area contributed by atoms with Gasteiger partial charge in [0, 0.05) is 31.0 Å². The average molecular weight is 389 g/mol. The predicted octanol–water partition coefficient (Wildman–Crippen LogP) is 3.41. The number of carbonyl (C=O) groups is 1. The van der Waals surface area contributed by atoms with Gasteiger partial charge in [-0.15, -0.1) is 0 Å². The van der Waals surface area contributed by atoms with E-state index in [1.807, 2.05) is 42.5 Å².